The third kappa shape index (κ3) is 5.81. The molecule has 206 valence electrons. The molecule has 6 rings (SSSR count). The first-order valence-corrected chi connectivity index (χ1v) is 13.6. The Balaban J connectivity index is 1.21. The first-order chi connectivity index (χ1) is 19.4. The second-order valence-corrected chi connectivity index (χ2v) is 10.7. The lowest BCUT2D eigenvalue weighted by Crippen LogP contribution is -2.40. The summed E-state index contributed by atoms with van der Waals surface area (Å²) in [5, 5.41) is 20.5. The zero-order valence-corrected chi connectivity index (χ0v) is 22.0. The van der Waals surface area contributed by atoms with Gasteiger partial charge in [-0.3, -0.25) is 4.79 Å². The summed E-state index contributed by atoms with van der Waals surface area (Å²) in [7, 11) is 0. The van der Waals surface area contributed by atoms with Crippen molar-refractivity contribution < 1.29 is 19.1 Å². The maximum atomic E-state index is 13.9. The molecule has 2 aliphatic rings. The number of nitrogens with zero attached hydrogens (tertiary/aromatic N) is 4. The fourth-order valence-electron chi connectivity index (χ4n) is 5.07. The molecule has 2 aromatic heterocycles. The van der Waals surface area contributed by atoms with Gasteiger partial charge in [-0.05, 0) is 67.1 Å². The first kappa shape index (κ1) is 25.9. The van der Waals surface area contributed by atoms with E-state index < -0.39 is 12.1 Å². The van der Waals surface area contributed by atoms with Crippen molar-refractivity contribution in [2.75, 3.05) is 25.0 Å². The van der Waals surface area contributed by atoms with E-state index in [4.69, 9.17) is 5.10 Å². The summed E-state index contributed by atoms with van der Waals surface area (Å²) in [6, 6.07) is 17.5. The van der Waals surface area contributed by atoms with E-state index in [0.29, 0.717) is 18.5 Å². The highest BCUT2D eigenvalue weighted by Gasteiger charge is 2.28. The molecule has 0 spiro atoms. The fourth-order valence-corrected chi connectivity index (χ4v) is 5.07. The number of rotatable bonds is 10. The SMILES string of the molecule is O=C(O)c1ccc(CN(C[C@@H]2C[C@@H](F)CN2)C(=O)c2ccc(-c3cnc4ccc(NCC5CC5)nn34)cc2)cc1. The van der Waals surface area contributed by atoms with Crippen LogP contribution in [0.15, 0.2) is 66.9 Å². The van der Waals surface area contributed by atoms with Crippen LogP contribution in [0.2, 0.25) is 0 Å². The summed E-state index contributed by atoms with van der Waals surface area (Å²) >= 11 is 0. The van der Waals surface area contributed by atoms with Crippen molar-refractivity contribution in [1.82, 2.24) is 24.8 Å². The number of carboxylic acid groups (broad SMARTS) is 1. The highest BCUT2D eigenvalue weighted by atomic mass is 19.1. The number of amides is 1. The molecule has 1 amide bonds. The molecule has 40 heavy (non-hydrogen) atoms. The molecule has 2 atom stereocenters. The summed E-state index contributed by atoms with van der Waals surface area (Å²) in [5.41, 5.74) is 3.93. The number of benzene rings is 2. The van der Waals surface area contributed by atoms with Crippen LogP contribution < -0.4 is 10.6 Å². The van der Waals surface area contributed by atoms with Crippen molar-refractivity contribution in [1.29, 1.82) is 0 Å². The number of alkyl halides is 1. The number of fused-ring (bicyclic) bond motifs is 1. The molecule has 10 heteroatoms. The lowest BCUT2D eigenvalue weighted by atomic mass is 10.1. The highest BCUT2D eigenvalue weighted by Crippen LogP contribution is 2.29. The van der Waals surface area contributed by atoms with E-state index in [1.165, 1.54) is 25.0 Å². The number of carbonyl (C=O) groups is 2. The van der Waals surface area contributed by atoms with Gasteiger partial charge < -0.3 is 20.6 Å². The number of hydrogen-bond acceptors (Lipinski definition) is 6. The number of aromatic carboxylic acids is 1. The molecule has 9 nitrogen and oxygen atoms in total. The van der Waals surface area contributed by atoms with Gasteiger partial charge in [0.1, 0.15) is 12.0 Å². The summed E-state index contributed by atoms with van der Waals surface area (Å²) in [4.78, 5) is 31.0. The van der Waals surface area contributed by atoms with Crippen LogP contribution in [0.1, 0.15) is 45.5 Å². The van der Waals surface area contributed by atoms with Gasteiger partial charge in [-0.1, -0.05) is 24.3 Å². The van der Waals surface area contributed by atoms with Gasteiger partial charge in [0, 0.05) is 43.3 Å². The molecule has 1 aliphatic carbocycles. The predicted molar refractivity (Wildman–Crippen MR) is 149 cm³/mol. The Kier molecular flexibility index (Phi) is 7.17. The number of nitrogens with one attached hydrogen (secondary N) is 2. The van der Waals surface area contributed by atoms with E-state index >= 15 is 0 Å². The van der Waals surface area contributed by atoms with Crippen LogP contribution in [0.25, 0.3) is 16.9 Å². The molecule has 1 aliphatic heterocycles. The molecule has 4 aromatic rings. The highest BCUT2D eigenvalue weighted by molar-refractivity contribution is 5.94. The van der Waals surface area contributed by atoms with Gasteiger partial charge in [0.25, 0.3) is 5.91 Å². The number of carbonyl (C=O) groups excluding carboxylic acids is 1. The van der Waals surface area contributed by atoms with Crippen LogP contribution in [-0.4, -0.2) is 68.3 Å². The predicted octanol–water partition coefficient (Wildman–Crippen LogP) is 4.26. The fraction of sp³-hybridized carbons (Fsp3) is 0.333. The van der Waals surface area contributed by atoms with E-state index in [2.05, 4.69) is 15.6 Å². The van der Waals surface area contributed by atoms with Gasteiger partial charge in [-0.25, -0.2) is 18.7 Å². The molecular weight excluding hydrogens is 511 g/mol. The number of imidazole rings is 1. The molecule has 2 fully saturated rings. The van der Waals surface area contributed by atoms with Crippen LogP contribution in [0.4, 0.5) is 10.2 Å². The van der Waals surface area contributed by atoms with Crippen LogP contribution in [0, 0.1) is 5.92 Å². The normalized spacial score (nSPS) is 18.6. The molecule has 2 aromatic carbocycles. The molecule has 3 N–H and O–H groups in total. The van der Waals surface area contributed by atoms with Gasteiger partial charge in [0.15, 0.2) is 5.65 Å². The number of aromatic nitrogens is 3. The van der Waals surface area contributed by atoms with Crippen molar-refractivity contribution in [3.8, 4) is 11.3 Å². The smallest absolute Gasteiger partial charge is 0.335 e. The Bertz CT molecular complexity index is 1520. The monoisotopic (exact) mass is 542 g/mol. The van der Waals surface area contributed by atoms with Crippen LogP contribution in [0.5, 0.6) is 0 Å². The summed E-state index contributed by atoms with van der Waals surface area (Å²) in [6.45, 7) is 1.82. The Morgan fingerprint density at radius 2 is 1.80 bits per heavy atom. The molecule has 1 saturated carbocycles. The summed E-state index contributed by atoms with van der Waals surface area (Å²) < 4.78 is 15.7. The quantitative estimate of drug-likeness (QED) is 0.275. The Hall–Kier alpha value is -4.31. The van der Waals surface area contributed by atoms with Crippen molar-refractivity contribution in [2.24, 2.45) is 5.92 Å². The van der Waals surface area contributed by atoms with E-state index in [1.807, 2.05) is 24.3 Å². The van der Waals surface area contributed by atoms with Gasteiger partial charge in [0.2, 0.25) is 0 Å². The first-order valence-electron chi connectivity index (χ1n) is 13.6. The van der Waals surface area contributed by atoms with Crippen molar-refractivity contribution in [2.45, 2.75) is 38.0 Å². The largest absolute Gasteiger partial charge is 0.478 e. The minimum atomic E-state index is -1.00. The topological polar surface area (TPSA) is 112 Å². The van der Waals surface area contributed by atoms with Crippen LogP contribution in [-0.2, 0) is 6.54 Å². The second kappa shape index (κ2) is 11.1. The van der Waals surface area contributed by atoms with Gasteiger partial charge in [0.05, 0.1) is 17.5 Å². The lowest BCUT2D eigenvalue weighted by Gasteiger charge is -2.26. The van der Waals surface area contributed by atoms with Crippen molar-refractivity contribution >= 4 is 23.3 Å². The van der Waals surface area contributed by atoms with E-state index in [1.54, 1.807) is 39.9 Å². The Morgan fingerprint density at radius 1 is 1.05 bits per heavy atom. The molecule has 1 saturated heterocycles. The van der Waals surface area contributed by atoms with Crippen molar-refractivity contribution in [3.63, 3.8) is 0 Å². The zero-order chi connectivity index (χ0) is 27.6. The second-order valence-electron chi connectivity index (χ2n) is 10.7. The molecule has 0 bridgehead atoms. The van der Waals surface area contributed by atoms with E-state index in [0.717, 1.165) is 40.7 Å². The van der Waals surface area contributed by atoms with Gasteiger partial charge in [-0.2, -0.15) is 0 Å². The van der Waals surface area contributed by atoms with Crippen LogP contribution >= 0.6 is 0 Å². The minimum Gasteiger partial charge on any atom is -0.478 e. The van der Waals surface area contributed by atoms with Crippen molar-refractivity contribution in [3.05, 3.63) is 83.6 Å². The lowest BCUT2D eigenvalue weighted by molar-refractivity contribution is 0.0693. The van der Waals surface area contributed by atoms with E-state index in [9.17, 15) is 19.1 Å². The maximum Gasteiger partial charge on any atom is 0.335 e. The molecule has 0 unspecified atom stereocenters. The van der Waals surface area contributed by atoms with Gasteiger partial charge in [-0.15, -0.1) is 5.10 Å². The summed E-state index contributed by atoms with van der Waals surface area (Å²) in [5.74, 6) is 0.348. The Morgan fingerprint density at radius 3 is 2.48 bits per heavy atom. The molecule has 3 heterocycles. The van der Waals surface area contributed by atoms with Crippen LogP contribution in [0.3, 0.4) is 0 Å². The Labute approximate surface area is 231 Å². The summed E-state index contributed by atoms with van der Waals surface area (Å²) in [6.07, 6.45) is 3.71. The average molecular weight is 543 g/mol. The number of halogens is 1. The molecule has 0 radical (unpaired) electrons. The maximum absolute atomic E-state index is 13.9. The number of carboxylic acids is 1. The van der Waals surface area contributed by atoms with Gasteiger partial charge >= 0.3 is 5.97 Å². The third-order valence-corrected chi connectivity index (χ3v) is 7.53. The number of anilines is 1. The third-order valence-electron chi connectivity index (χ3n) is 7.53. The zero-order valence-electron chi connectivity index (χ0n) is 22.0. The minimum absolute atomic E-state index is 0.150. The van der Waals surface area contributed by atoms with E-state index in [-0.39, 0.29) is 30.6 Å². The molecular formula is C30H31FN6O3. The average Bonchev–Trinajstić information content (AvgIpc) is 3.57. The number of hydrogen-bond donors (Lipinski definition) is 3. The standard InChI is InChI=1S/C30H31FN6O3/c31-24-13-25(32-15-24)18-36(17-20-3-5-23(6-4-20)30(39)40)29(38)22-9-7-21(8-10-22)26-16-34-28-12-11-27(35-37(26)28)33-14-19-1-2-19/h3-12,16,19,24-25,32H,1-2,13-15,17-18H2,(H,33,35)(H,39,40)/t24-,25+/m1/s1.